The van der Waals surface area contributed by atoms with Crippen molar-refractivity contribution in [1.29, 1.82) is 0 Å². The van der Waals surface area contributed by atoms with E-state index in [2.05, 4.69) is 0 Å². The minimum atomic E-state index is 0. The van der Waals surface area contributed by atoms with Crippen LogP contribution in [0.25, 0.3) is 0 Å². The molecule has 0 N–H and O–H groups in total. The molecule has 0 aromatic heterocycles. The van der Waals surface area contributed by atoms with E-state index in [-0.39, 0.29) is 163 Å². The molecule has 0 spiro atoms. The molecule has 0 bridgehead atoms. The quantitative estimate of drug-likeness (QED) is 0.446. The molecule has 0 aromatic carbocycles. The van der Waals surface area contributed by atoms with Gasteiger partial charge in [-0.15, -0.1) is 0 Å². The van der Waals surface area contributed by atoms with Crippen molar-refractivity contribution in [3.63, 3.8) is 0 Å². The molecule has 6 heavy (non-hydrogen) atoms. The summed E-state index contributed by atoms with van der Waals surface area (Å²) in [5.74, 6) is 0. The summed E-state index contributed by atoms with van der Waals surface area (Å²) in [4.78, 5) is 0. The molecule has 0 atom stereocenters. The van der Waals surface area contributed by atoms with Gasteiger partial charge in [0.25, 0.3) is 0 Å². The Kier molecular flexibility index (Phi) is 229. The van der Waals surface area contributed by atoms with Crippen LogP contribution in [-0.2, 0) is 52.4 Å². The minimum Gasteiger partial charge on any atom is 0 e. The van der Waals surface area contributed by atoms with Crippen LogP contribution in [0.4, 0.5) is 0 Å². The molecule has 0 unspecified atom stereocenters. The van der Waals surface area contributed by atoms with Gasteiger partial charge in [-0.2, -0.15) is 0 Å². The topological polar surface area (TPSA) is 0 Å². The fourth-order valence-electron chi connectivity index (χ4n) is 0. The molecule has 0 nitrogen and oxygen atoms in total. The first kappa shape index (κ1) is 43.0. The number of hydrogen-bond acceptors (Lipinski definition) is 0. The van der Waals surface area contributed by atoms with Crippen LogP contribution in [0.3, 0.4) is 0 Å². The summed E-state index contributed by atoms with van der Waals surface area (Å²) in [6.07, 6.45) is 0. The van der Waals surface area contributed by atoms with Gasteiger partial charge in [0.15, 0.2) is 0 Å². The molecule has 0 aliphatic rings. The van der Waals surface area contributed by atoms with E-state index in [9.17, 15) is 0 Å². The fourth-order valence-corrected chi connectivity index (χ4v) is 0. The molecule has 0 aromatic rings. The average Bonchev–Trinajstić information content (AvgIpc) is 0. The van der Waals surface area contributed by atoms with Gasteiger partial charge >= 0.3 is 0 Å². The SMILES string of the molecule is [Ce].[Ce].[S].[S].[Zr].[Zr]. The van der Waals surface area contributed by atoms with E-state index in [4.69, 9.17) is 0 Å². The van der Waals surface area contributed by atoms with Gasteiger partial charge in [-0.25, -0.2) is 0 Å². The summed E-state index contributed by atoms with van der Waals surface area (Å²) in [7, 11) is 0. The van der Waals surface area contributed by atoms with Gasteiger partial charge in [0.1, 0.15) is 0 Å². The maximum atomic E-state index is 0. The van der Waals surface area contributed by atoms with Crippen LogP contribution < -0.4 is 0 Å². The monoisotopic (exact) mass is 524 g/mol. The maximum absolute atomic E-state index is 0. The van der Waals surface area contributed by atoms with Crippen LogP contribution in [0, 0.1) is 83.5 Å². The van der Waals surface area contributed by atoms with Gasteiger partial charge in [-0.1, -0.05) is 0 Å². The van der Waals surface area contributed by atoms with E-state index in [0.29, 0.717) is 0 Å². The van der Waals surface area contributed by atoms with Crippen LogP contribution in [-0.4, -0.2) is 0 Å². The Bertz CT molecular complexity index is 9.51. The van der Waals surface area contributed by atoms with Gasteiger partial charge < -0.3 is 0 Å². The Labute approximate surface area is 158 Å². The summed E-state index contributed by atoms with van der Waals surface area (Å²) in [5.41, 5.74) is 0. The Hall–Kier alpha value is 5.22. The van der Waals surface area contributed by atoms with Crippen molar-refractivity contribution in [2.24, 2.45) is 0 Å². The molecule has 28 valence electrons. The predicted octanol–water partition coefficient (Wildman–Crippen LogP) is 1.29. The third-order valence-electron chi connectivity index (χ3n) is 0. The molecular formula is Ce2S2Zr2. The van der Waals surface area contributed by atoms with Crippen LogP contribution >= 0.6 is 27.0 Å². The normalized spacial score (nSPS) is 0. The van der Waals surface area contributed by atoms with Crippen molar-refractivity contribution < 1.29 is 136 Å². The molecule has 0 aliphatic heterocycles. The predicted molar refractivity (Wildman–Crippen MR) is 15.2 cm³/mol. The van der Waals surface area contributed by atoms with E-state index in [1.165, 1.54) is 0 Å². The molecular weight excluding hydrogens is 527 g/mol. The fraction of sp³-hybridized carbons (Fsp3) is 0. The third-order valence-corrected chi connectivity index (χ3v) is 0. The summed E-state index contributed by atoms with van der Waals surface area (Å²) < 4.78 is 0. The van der Waals surface area contributed by atoms with Gasteiger partial charge in [0, 0.05) is 163 Å². The van der Waals surface area contributed by atoms with Crippen molar-refractivity contribution in [3.8, 4) is 0 Å². The van der Waals surface area contributed by atoms with Crippen LogP contribution in [0.15, 0.2) is 0 Å². The second kappa shape index (κ2) is 31.9. The molecule has 0 aliphatic carbocycles. The smallest absolute Gasteiger partial charge is 0 e. The molecule has 0 fully saturated rings. The summed E-state index contributed by atoms with van der Waals surface area (Å²) >= 11 is 0. The van der Waals surface area contributed by atoms with Crippen molar-refractivity contribution in [2.75, 3.05) is 0 Å². The van der Waals surface area contributed by atoms with Crippen LogP contribution in [0.1, 0.15) is 0 Å². The first-order chi connectivity index (χ1) is 0. The second-order valence-electron chi connectivity index (χ2n) is 0. The minimum absolute atomic E-state index is 0. The standard InChI is InChI=1S/2Ce.2S.2Zr. The van der Waals surface area contributed by atoms with Crippen molar-refractivity contribution in [2.45, 2.75) is 0 Å². The largest absolute Gasteiger partial charge is 0 e. The first-order valence-electron chi connectivity index (χ1n) is 0. The van der Waals surface area contributed by atoms with Crippen LogP contribution in [0.2, 0.25) is 0 Å². The van der Waals surface area contributed by atoms with Gasteiger partial charge in [-0.05, 0) is 0 Å². The second-order valence-corrected chi connectivity index (χ2v) is 0. The molecule has 6 heteroatoms. The first-order valence-corrected chi connectivity index (χ1v) is 0. The molecule has 0 saturated heterocycles. The molecule has 4 radical (unpaired) electrons. The molecule has 0 heterocycles. The summed E-state index contributed by atoms with van der Waals surface area (Å²) in [6.45, 7) is 0. The average molecular weight is 527 g/mol. The van der Waals surface area contributed by atoms with E-state index < -0.39 is 0 Å². The zero-order valence-corrected chi connectivity index (χ0v) is 15.6. The Morgan fingerprint density at radius 2 is 0.500 bits per heavy atom. The van der Waals surface area contributed by atoms with Crippen molar-refractivity contribution >= 4 is 27.0 Å². The van der Waals surface area contributed by atoms with E-state index in [1.54, 1.807) is 0 Å². The third kappa shape index (κ3) is 22.9. The Morgan fingerprint density at radius 1 is 0.500 bits per heavy atom. The summed E-state index contributed by atoms with van der Waals surface area (Å²) in [6, 6.07) is 0. The van der Waals surface area contributed by atoms with Gasteiger partial charge in [0.2, 0.25) is 0 Å². The molecule has 0 amide bonds. The Balaban J connectivity index is 0. The zero-order chi connectivity index (χ0) is 0. The van der Waals surface area contributed by atoms with Crippen molar-refractivity contribution in [1.82, 2.24) is 0 Å². The van der Waals surface area contributed by atoms with Crippen LogP contribution in [0.5, 0.6) is 0 Å². The van der Waals surface area contributed by atoms with E-state index in [1.807, 2.05) is 0 Å². The van der Waals surface area contributed by atoms with E-state index in [0.717, 1.165) is 0 Å². The van der Waals surface area contributed by atoms with Gasteiger partial charge in [0.05, 0.1) is 0 Å². The van der Waals surface area contributed by atoms with Gasteiger partial charge in [-0.3, -0.25) is 0 Å². The summed E-state index contributed by atoms with van der Waals surface area (Å²) in [5, 5.41) is 0. The maximum Gasteiger partial charge on any atom is 0 e. The number of rotatable bonds is 0. The van der Waals surface area contributed by atoms with Crippen molar-refractivity contribution in [3.05, 3.63) is 0 Å². The van der Waals surface area contributed by atoms with E-state index >= 15 is 0 Å². The molecule has 0 saturated carbocycles. The Morgan fingerprint density at radius 3 is 0.500 bits per heavy atom. The zero-order valence-electron chi connectivity index (χ0n) is 2.82. The molecule has 0 rings (SSSR count). The number of hydrogen-bond donors (Lipinski definition) is 0.